The fourth-order valence-corrected chi connectivity index (χ4v) is 4.57. The quantitative estimate of drug-likeness (QED) is 0.667. The van der Waals surface area contributed by atoms with Gasteiger partial charge in [0.05, 0.1) is 17.9 Å². The molecule has 0 spiro atoms. The van der Waals surface area contributed by atoms with Crippen molar-refractivity contribution >= 4 is 21.6 Å². The Morgan fingerprint density at radius 1 is 1.07 bits per heavy atom. The van der Waals surface area contributed by atoms with E-state index >= 15 is 0 Å². The van der Waals surface area contributed by atoms with E-state index in [0.29, 0.717) is 18.8 Å². The molecule has 0 saturated heterocycles. The Kier molecular flexibility index (Phi) is 7.81. The summed E-state index contributed by atoms with van der Waals surface area (Å²) in [5, 5.41) is 2.83. The third-order valence-electron chi connectivity index (χ3n) is 4.85. The number of nitrogens with one attached hydrogen (secondary N) is 1. The molecule has 0 aliphatic rings. The Morgan fingerprint density at radius 2 is 1.76 bits per heavy atom. The van der Waals surface area contributed by atoms with Crippen LogP contribution in [0.3, 0.4) is 0 Å². The number of aryl methyl sites for hydroxylation is 2. The number of nitrogens with zero attached hydrogens (tertiary/aromatic N) is 1. The molecule has 0 unspecified atom stereocenters. The predicted molar refractivity (Wildman–Crippen MR) is 116 cm³/mol. The lowest BCUT2D eigenvalue weighted by Crippen LogP contribution is -2.30. The summed E-state index contributed by atoms with van der Waals surface area (Å²) < 4.78 is 32.7. The van der Waals surface area contributed by atoms with Crippen LogP contribution in [-0.2, 0) is 14.8 Å². The zero-order valence-electron chi connectivity index (χ0n) is 17.8. The molecule has 0 aliphatic carbocycles. The molecule has 0 bridgehead atoms. The number of benzene rings is 2. The lowest BCUT2D eigenvalue weighted by molar-refractivity contribution is -0.116. The van der Waals surface area contributed by atoms with E-state index in [9.17, 15) is 13.2 Å². The lowest BCUT2D eigenvalue weighted by Gasteiger charge is -2.20. The molecular formula is C22H30N2O4S. The molecule has 2 aromatic rings. The van der Waals surface area contributed by atoms with E-state index in [0.717, 1.165) is 22.4 Å². The van der Waals surface area contributed by atoms with Crippen LogP contribution in [0.4, 0.5) is 5.69 Å². The van der Waals surface area contributed by atoms with Crippen LogP contribution >= 0.6 is 0 Å². The first-order valence-electron chi connectivity index (χ1n) is 9.79. The summed E-state index contributed by atoms with van der Waals surface area (Å²) in [6.45, 7) is 10.3. The highest BCUT2D eigenvalue weighted by Gasteiger charge is 2.23. The van der Waals surface area contributed by atoms with E-state index in [2.05, 4.69) is 5.32 Å². The second-order valence-electron chi connectivity index (χ2n) is 6.97. The first-order chi connectivity index (χ1) is 13.7. The number of carbonyl (C=O) groups is 1. The van der Waals surface area contributed by atoms with E-state index in [4.69, 9.17) is 4.74 Å². The van der Waals surface area contributed by atoms with Crippen LogP contribution in [0, 0.1) is 20.8 Å². The van der Waals surface area contributed by atoms with E-state index in [1.165, 1.54) is 10.4 Å². The molecular weight excluding hydrogens is 388 g/mol. The standard InChI is InChI=1S/C22H30N2O4S/c1-6-24(7-2)29(26,27)20-14-17(4)18(5)21(15-20)23-22(25)11-12-28-19-10-8-9-16(3)13-19/h8-10,13-15H,6-7,11-12H2,1-5H3,(H,23,25). The molecule has 0 aliphatic heterocycles. The lowest BCUT2D eigenvalue weighted by atomic mass is 10.1. The second kappa shape index (κ2) is 9.89. The van der Waals surface area contributed by atoms with Crippen LogP contribution < -0.4 is 10.1 Å². The van der Waals surface area contributed by atoms with Crippen LogP contribution in [0.5, 0.6) is 5.75 Å². The van der Waals surface area contributed by atoms with Gasteiger partial charge < -0.3 is 10.1 Å². The van der Waals surface area contributed by atoms with E-state index in [-0.39, 0.29) is 23.8 Å². The minimum atomic E-state index is -3.60. The molecule has 158 valence electrons. The fourth-order valence-electron chi connectivity index (χ4n) is 3.00. The van der Waals surface area contributed by atoms with Crippen LogP contribution in [0.1, 0.15) is 37.0 Å². The summed E-state index contributed by atoms with van der Waals surface area (Å²) in [6, 6.07) is 10.8. The molecule has 0 atom stereocenters. The monoisotopic (exact) mass is 418 g/mol. The number of anilines is 1. The zero-order valence-corrected chi connectivity index (χ0v) is 18.6. The maximum atomic E-state index is 12.8. The number of hydrogen-bond donors (Lipinski definition) is 1. The average Bonchev–Trinajstić information content (AvgIpc) is 2.66. The Hall–Kier alpha value is -2.38. The fraction of sp³-hybridized carbons (Fsp3) is 0.409. The Labute approximate surface area is 173 Å². The summed E-state index contributed by atoms with van der Waals surface area (Å²) in [5.74, 6) is 0.495. The van der Waals surface area contributed by atoms with Crippen molar-refractivity contribution in [3.63, 3.8) is 0 Å². The number of amides is 1. The molecule has 0 saturated carbocycles. The summed E-state index contributed by atoms with van der Waals surface area (Å²) in [4.78, 5) is 12.6. The first-order valence-corrected chi connectivity index (χ1v) is 11.2. The topological polar surface area (TPSA) is 75.7 Å². The molecule has 0 aromatic heterocycles. The van der Waals surface area contributed by atoms with Gasteiger partial charge in [0.1, 0.15) is 5.75 Å². The van der Waals surface area contributed by atoms with Gasteiger partial charge in [-0.15, -0.1) is 0 Å². The number of sulfonamides is 1. The molecule has 1 N–H and O–H groups in total. The van der Waals surface area contributed by atoms with Gasteiger partial charge in [0.15, 0.2) is 0 Å². The maximum Gasteiger partial charge on any atom is 0.243 e. The van der Waals surface area contributed by atoms with Gasteiger partial charge in [-0.25, -0.2) is 8.42 Å². The highest BCUT2D eigenvalue weighted by molar-refractivity contribution is 7.89. The highest BCUT2D eigenvalue weighted by atomic mass is 32.2. The van der Waals surface area contributed by atoms with E-state index in [1.807, 2.05) is 45.0 Å². The third kappa shape index (κ3) is 5.81. The van der Waals surface area contributed by atoms with Gasteiger partial charge in [0.25, 0.3) is 0 Å². The van der Waals surface area contributed by atoms with Gasteiger partial charge in [0, 0.05) is 18.8 Å². The molecule has 6 nitrogen and oxygen atoms in total. The van der Waals surface area contributed by atoms with E-state index in [1.54, 1.807) is 19.9 Å². The SMILES string of the molecule is CCN(CC)S(=O)(=O)c1cc(C)c(C)c(NC(=O)CCOc2cccc(C)c2)c1. The smallest absolute Gasteiger partial charge is 0.243 e. The maximum absolute atomic E-state index is 12.8. The van der Waals surface area contributed by atoms with Gasteiger partial charge in [-0.1, -0.05) is 26.0 Å². The van der Waals surface area contributed by atoms with Crippen molar-refractivity contribution in [2.24, 2.45) is 0 Å². The summed E-state index contributed by atoms with van der Waals surface area (Å²) in [5.41, 5.74) is 3.25. The molecule has 1 amide bonds. The minimum Gasteiger partial charge on any atom is -0.493 e. The van der Waals surface area contributed by atoms with Gasteiger partial charge in [-0.2, -0.15) is 4.31 Å². The van der Waals surface area contributed by atoms with Crippen molar-refractivity contribution in [3.8, 4) is 5.75 Å². The van der Waals surface area contributed by atoms with Crippen LogP contribution in [-0.4, -0.2) is 38.3 Å². The molecule has 29 heavy (non-hydrogen) atoms. The largest absolute Gasteiger partial charge is 0.493 e. The molecule has 0 radical (unpaired) electrons. The van der Waals surface area contributed by atoms with Gasteiger partial charge in [0.2, 0.25) is 15.9 Å². The summed E-state index contributed by atoms with van der Waals surface area (Å²) >= 11 is 0. The van der Waals surface area contributed by atoms with Gasteiger partial charge >= 0.3 is 0 Å². The molecule has 2 aromatic carbocycles. The number of carbonyl (C=O) groups excluding carboxylic acids is 1. The summed E-state index contributed by atoms with van der Waals surface area (Å²) in [6.07, 6.45) is 0.166. The third-order valence-corrected chi connectivity index (χ3v) is 6.87. The molecule has 2 rings (SSSR count). The molecule has 0 fully saturated rings. The average molecular weight is 419 g/mol. The zero-order chi connectivity index (χ0) is 21.6. The van der Waals surface area contributed by atoms with Crippen molar-refractivity contribution in [3.05, 3.63) is 53.1 Å². The van der Waals surface area contributed by atoms with Crippen molar-refractivity contribution in [2.45, 2.75) is 45.9 Å². The van der Waals surface area contributed by atoms with Crippen molar-refractivity contribution in [1.82, 2.24) is 4.31 Å². The normalized spacial score (nSPS) is 11.5. The Balaban J connectivity index is 2.11. The Bertz CT molecular complexity index is 967. The van der Waals surface area contributed by atoms with Crippen molar-refractivity contribution in [1.29, 1.82) is 0 Å². The molecule has 0 heterocycles. The number of rotatable bonds is 9. The summed E-state index contributed by atoms with van der Waals surface area (Å²) in [7, 11) is -3.60. The van der Waals surface area contributed by atoms with E-state index < -0.39 is 10.0 Å². The minimum absolute atomic E-state index is 0.166. The first kappa shape index (κ1) is 22.9. The van der Waals surface area contributed by atoms with Gasteiger partial charge in [-0.05, 0) is 61.7 Å². The predicted octanol–water partition coefficient (Wildman–Crippen LogP) is 4.05. The highest BCUT2D eigenvalue weighted by Crippen LogP contribution is 2.26. The van der Waals surface area contributed by atoms with Gasteiger partial charge in [-0.3, -0.25) is 4.79 Å². The number of hydrogen-bond acceptors (Lipinski definition) is 4. The molecule has 7 heteroatoms. The van der Waals surface area contributed by atoms with Crippen molar-refractivity contribution in [2.75, 3.05) is 25.0 Å². The number of ether oxygens (including phenoxy) is 1. The Morgan fingerprint density at radius 3 is 2.38 bits per heavy atom. The van der Waals surface area contributed by atoms with Crippen LogP contribution in [0.2, 0.25) is 0 Å². The van der Waals surface area contributed by atoms with Crippen LogP contribution in [0.25, 0.3) is 0 Å². The van der Waals surface area contributed by atoms with Crippen molar-refractivity contribution < 1.29 is 17.9 Å². The van der Waals surface area contributed by atoms with Crippen LogP contribution in [0.15, 0.2) is 41.3 Å². The second-order valence-corrected chi connectivity index (χ2v) is 8.90.